The topological polar surface area (TPSA) is 142 Å². The number of carbonyl (C=O) groups is 3. The first-order chi connectivity index (χ1) is 28.9. The first kappa shape index (κ1) is 43.4. The second-order valence-corrected chi connectivity index (χ2v) is 15.0. The van der Waals surface area contributed by atoms with E-state index in [9.17, 15) is 14.4 Å². The fraction of sp³-hybridized carbons (Fsp3) is 0.400. The first-order valence-corrected chi connectivity index (χ1v) is 19.9. The summed E-state index contributed by atoms with van der Waals surface area (Å²) in [5.41, 5.74) is 6.30. The predicted octanol–water partition coefficient (Wildman–Crippen LogP) is 2.79. The largest absolute Gasteiger partial charge is 0.488 e. The van der Waals surface area contributed by atoms with Crippen LogP contribution in [-0.2, 0) is 28.6 Å². The Balaban J connectivity index is 1.51. The van der Waals surface area contributed by atoms with Crippen LogP contribution in [0.15, 0.2) is 78.1 Å². The molecule has 15 heteroatoms. The summed E-state index contributed by atoms with van der Waals surface area (Å²) in [7, 11) is 12.4. The van der Waals surface area contributed by atoms with Crippen molar-refractivity contribution in [3.05, 3.63) is 94.8 Å². The van der Waals surface area contributed by atoms with Crippen LogP contribution in [0.2, 0.25) is 0 Å². The molecule has 0 radical (unpaired) electrons. The number of carbonyl (C=O) groups excluding carboxylic acids is 3. The van der Waals surface area contributed by atoms with Crippen molar-refractivity contribution in [2.45, 2.75) is 13.0 Å². The van der Waals surface area contributed by atoms with Crippen LogP contribution >= 0.6 is 0 Å². The Morgan fingerprint density at radius 3 is 2.13 bits per heavy atom. The molecule has 1 aliphatic carbocycles. The molecule has 0 bridgehead atoms. The van der Waals surface area contributed by atoms with E-state index < -0.39 is 11.9 Å². The maximum Gasteiger partial charge on any atom is 0.325 e. The fourth-order valence-electron chi connectivity index (χ4n) is 7.08. The number of nitrogens with one attached hydrogen (secondary N) is 2. The van der Waals surface area contributed by atoms with Crippen molar-refractivity contribution in [1.82, 2.24) is 5.32 Å². The van der Waals surface area contributed by atoms with Gasteiger partial charge in [-0.05, 0) is 55.0 Å². The lowest BCUT2D eigenvalue weighted by atomic mass is 9.86. The number of hydrogen-bond donors (Lipinski definition) is 2. The summed E-state index contributed by atoms with van der Waals surface area (Å²) in [5, 5.41) is 2.64. The minimum absolute atomic E-state index is 0.0111. The second-order valence-electron chi connectivity index (χ2n) is 15.0. The van der Waals surface area contributed by atoms with Gasteiger partial charge in [-0.25, -0.2) is 0 Å². The molecule has 6 rings (SSSR count). The Kier molecular flexibility index (Phi) is 14.3. The molecule has 15 nitrogen and oxygen atoms in total. The number of hydrogen-bond acceptors (Lipinski definition) is 13. The number of allylic oxidation sites excluding steroid dienone is 1. The predicted molar refractivity (Wildman–Crippen MR) is 229 cm³/mol. The van der Waals surface area contributed by atoms with Crippen molar-refractivity contribution < 1.29 is 52.4 Å². The summed E-state index contributed by atoms with van der Waals surface area (Å²) in [5.74, 6) is 1.55. The SMILES string of the molecule is CNC(=O)COc1cc2c(cc1C1=C3C=CC([NH+](C)C)C=C3Oc3cc(N(C)C)ccc31)OCCOc1cc(C)ccc1N(CC(=O)OC)CCOCCN2CC(=O)OC. The maximum absolute atomic E-state index is 13.0. The summed E-state index contributed by atoms with van der Waals surface area (Å²) in [6.45, 7) is 2.87. The van der Waals surface area contributed by atoms with Gasteiger partial charge in [-0.3, -0.25) is 14.4 Å². The molecule has 1 amide bonds. The van der Waals surface area contributed by atoms with Gasteiger partial charge in [0.1, 0.15) is 61.1 Å². The Morgan fingerprint density at radius 2 is 1.50 bits per heavy atom. The number of esters is 2. The van der Waals surface area contributed by atoms with E-state index in [1.807, 2.05) is 73.3 Å². The third-order valence-corrected chi connectivity index (χ3v) is 10.4. The number of ether oxygens (including phenoxy) is 7. The minimum Gasteiger partial charge on any atom is -0.488 e. The average molecular weight is 827 g/mol. The van der Waals surface area contributed by atoms with Gasteiger partial charge in [-0.2, -0.15) is 0 Å². The molecule has 0 saturated heterocycles. The van der Waals surface area contributed by atoms with Crippen LogP contribution in [0.1, 0.15) is 16.7 Å². The molecule has 0 spiro atoms. The van der Waals surface area contributed by atoms with Gasteiger partial charge in [0.15, 0.2) is 6.61 Å². The van der Waals surface area contributed by atoms with Crippen LogP contribution in [0.25, 0.3) is 5.57 Å². The molecule has 0 saturated carbocycles. The van der Waals surface area contributed by atoms with E-state index in [2.05, 4.69) is 37.6 Å². The molecule has 1 atom stereocenters. The third-order valence-electron chi connectivity index (χ3n) is 10.4. The zero-order valence-electron chi connectivity index (χ0n) is 35.7. The molecule has 2 aliphatic heterocycles. The number of likely N-dealkylation sites (N-methyl/N-ethyl adjacent to an activating group) is 2. The van der Waals surface area contributed by atoms with Crippen molar-refractivity contribution in [2.24, 2.45) is 0 Å². The molecule has 2 N–H and O–H groups in total. The summed E-state index contributed by atoms with van der Waals surface area (Å²) in [6, 6.07) is 15.6. The molecule has 3 aromatic rings. The molecule has 1 unspecified atom stereocenters. The van der Waals surface area contributed by atoms with E-state index in [1.165, 1.54) is 19.1 Å². The van der Waals surface area contributed by atoms with E-state index in [0.717, 1.165) is 28.0 Å². The van der Waals surface area contributed by atoms with Gasteiger partial charge in [0.05, 0.1) is 52.9 Å². The van der Waals surface area contributed by atoms with Gasteiger partial charge in [0.25, 0.3) is 5.91 Å². The molecule has 60 heavy (non-hydrogen) atoms. The molecule has 2 heterocycles. The Hall–Kier alpha value is -6.19. The van der Waals surface area contributed by atoms with Crippen LogP contribution in [-0.4, -0.2) is 133 Å². The number of rotatable bonds is 10. The maximum atomic E-state index is 13.0. The van der Waals surface area contributed by atoms with Crippen LogP contribution in [0, 0.1) is 6.92 Å². The number of amides is 1. The quantitative estimate of drug-likeness (QED) is 0.290. The summed E-state index contributed by atoms with van der Waals surface area (Å²) in [6.07, 6.45) is 6.32. The van der Waals surface area contributed by atoms with Gasteiger partial charge in [0.2, 0.25) is 0 Å². The fourth-order valence-corrected chi connectivity index (χ4v) is 7.08. The highest BCUT2D eigenvalue weighted by atomic mass is 16.5. The molecule has 3 aliphatic rings. The lowest BCUT2D eigenvalue weighted by molar-refractivity contribution is -0.871. The molecule has 0 aromatic heterocycles. The number of methoxy groups -OCH3 is 2. The molecular weight excluding hydrogens is 771 g/mol. The van der Waals surface area contributed by atoms with Crippen molar-refractivity contribution in [3.63, 3.8) is 0 Å². The van der Waals surface area contributed by atoms with Crippen LogP contribution < -0.4 is 43.9 Å². The van der Waals surface area contributed by atoms with Gasteiger partial charge in [-0.1, -0.05) is 6.07 Å². The van der Waals surface area contributed by atoms with Crippen molar-refractivity contribution >= 4 is 40.5 Å². The van der Waals surface area contributed by atoms with E-state index in [4.69, 9.17) is 33.2 Å². The van der Waals surface area contributed by atoms with Gasteiger partial charge in [0, 0.05) is 80.4 Å². The highest BCUT2D eigenvalue weighted by Crippen LogP contribution is 2.49. The number of nitrogens with zero attached hydrogens (tertiary/aromatic N) is 3. The highest BCUT2D eigenvalue weighted by Gasteiger charge is 2.32. The number of anilines is 3. The van der Waals surface area contributed by atoms with E-state index >= 15 is 0 Å². The Morgan fingerprint density at radius 1 is 0.833 bits per heavy atom. The normalized spacial score (nSPS) is 16.6. The summed E-state index contributed by atoms with van der Waals surface area (Å²) in [4.78, 5) is 45.1. The van der Waals surface area contributed by atoms with Crippen LogP contribution in [0.5, 0.6) is 23.0 Å². The number of aryl methyl sites for hydroxylation is 1. The van der Waals surface area contributed by atoms with Crippen molar-refractivity contribution in [3.8, 4) is 23.0 Å². The average Bonchev–Trinajstić information content (AvgIpc) is 3.24. The number of benzene rings is 3. The Bertz CT molecular complexity index is 2160. The van der Waals surface area contributed by atoms with Gasteiger partial charge in [-0.15, -0.1) is 0 Å². The molecule has 3 aromatic carbocycles. The standard InChI is InChI=1S/C45H55N5O10/c1-29-9-14-35-40(21-29)57-19-20-58-41-24-34(45-32-12-10-30(47(3)4)22-38(32)60-39-23-31(48(5)6)11-13-33(39)45)37(59-28-42(51)46-2)25-36(41)50(27-44(53)55-8)16-18-56-17-15-49(35)26-43(52)54-7/h9-14,21-25,30H,15-20,26-28H2,1-8H3,(H,46,51)/p+1. The zero-order valence-corrected chi connectivity index (χ0v) is 35.7. The monoisotopic (exact) mass is 826 g/mol. The zero-order chi connectivity index (χ0) is 42.9. The second kappa shape index (κ2) is 19.7. The van der Waals surface area contributed by atoms with E-state index in [-0.39, 0.29) is 64.6 Å². The van der Waals surface area contributed by atoms with Crippen LogP contribution in [0.3, 0.4) is 0 Å². The summed E-state index contributed by atoms with van der Waals surface area (Å²) >= 11 is 0. The van der Waals surface area contributed by atoms with Crippen molar-refractivity contribution in [1.29, 1.82) is 0 Å². The number of fused-ring (bicyclic) bond motifs is 4. The molecule has 320 valence electrons. The first-order valence-electron chi connectivity index (χ1n) is 19.9. The minimum atomic E-state index is -0.478. The molecule has 0 fully saturated rings. The smallest absolute Gasteiger partial charge is 0.325 e. The van der Waals surface area contributed by atoms with E-state index in [0.29, 0.717) is 52.2 Å². The Labute approximate surface area is 351 Å². The van der Waals surface area contributed by atoms with Crippen molar-refractivity contribution in [2.75, 3.05) is 123 Å². The third kappa shape index (κ3) is 10.1. The molecular formula is C45H56N5O10+. The van der Waals surface area contributed by atoms with Gasteiger partial charge >= 0.3 is 11.9 Å². The lowest BCUT2D eigenvalue weighted by Crippen LogP contribution is -3.09. The lowest BCUT2D eigenvalue weighted by Gasteiger charge is -2.31. The summed E-state index contributed by atoms with van der Waals surface area (Å²) < 4.78 is 42.4. The van der Waals surface area contributed by atoms with E-state index in [1.54, 1.807) is 18.0 Å². The highest BCUT2D eigenvalue weighted by molar-refractivity contribution is 5.95. The van der Waals surface area contributed by atoms with Gasteiger partial charge < -0.3 is 58.1 Å². The van der Waals surface area contributed by atoms with Crippen LogP contribution in [0.4, 0.5) is 17.1 Å². The number of quaternary nitrogens is 1.